The largest absolute Gasteiger partial charge is 0.493 e. The Balaban J connectivity index is 1.48. The fourth-order valence-corrected chi connectivity index (χ4v) is 5.22. The van der Waals surface area contributed by atoms with Crippen LogP contribution < -0.4 is 14.8 Å². The lowest BCUT2D eigenvalue weighted by Gasteiger charge is -2.31. The van der Waals surface area contributed by atoms with Gasteiger partial charge in [-0.15, -0.1) is 0 Å². The SMILES string of the molecule is COc1cc(CN(CCCNC(=O)OC(C)(C)C)C(=O)C2CCCc3ccccc32)ccc1OCc1ccc(F)cc1F. The Bertz CT molecular complexity index is 1420. The summed E-state index contributed by atoms with van der Waals surface area (Å²) in [6, 6.07) is 16.8. The molecule has 3 aromatic rings. The quantitative estimate of drug-likeness (QED) is 0.244. The van der Waals surface area contributed by atoms with Crippen molar-refractivity contribution < 1.29 is 32.6 Å². The zero-order valence-corrected chi connectivity index (χ0v) is 25.3. The van der Waals surface area contributed by atoms with Crippen LogP contribution >= 0.6 is 0 Å². The van der Waals surface area contributed by atoms with Crippen molar-refractivity contribution in [3.63, 3.8) is 0 Å². The van der Waals surface area contributed by atoms with Crippen molar-refractivity contribution >= 4 is 12.0 Å². The number of carbonyl (C=O) groups excluding carboxylic acids is 2. The molecule has 0 radical (unpaired) electrons. The smallest absolute Gasteiger partial charge is 0.407 e. The van der Waals surface area contributed by atoms with Gasteiger partial charge < -0.3 is 24.4 Å². The number of rotatable bonds is 11. The van der Waals surface area contributed by atoms with Gasteiger partial charge in [-0.25, -0.2) is 13.6 Å². The summed E-state index contributed by atoms with van der Waals surface area (Å²) in [7, 11) is 1.51. The molecule has 0 aromatic heterocycles. The molecule has 0 aliphatic heterocycles. The molecule has 4 rings (SSSR count). The Kier molecular flexibility index (Phi) is 10.6. The summed E-state index contributed by atoms with van der Waals surface area (Å²) in [5.41, 5.74) is 2.74. The van der Waals surface area contributed by atoms with Crippen LogP contribution in [0.1, 0.15) is 68.2 Å². The van der Waals surface area contributed by atoms with E-state index in [9.17, 15) is 18.4 Å². The molecule has 7 nitrogen and oxygen atoms in total. The van der Waals surface area contributed by atoms with Crippen LogP contribution in [0.4, 0.5) is 13.6 Å². The molecule has 230 valence electrons. The van der Waals surface area contributed by atoms with E-state index in [4.69, 9.17) is 14.2 Å². The number of amides is 2. The minimum absolute atomic E-state index is 0.0375. The van der Waals surface area contributed by atoms with Gasteiger partial charge in [0, 0.05) is 31.3 Å². The first-order valence-corrected chi connectivity index (χ1v) is 14.6. The molecule has 1 aliphatic carbocycles. The maximum Gasteiger partial charge on any atom is 0.407 e. The third-order valence-electron chi connectivity index (χ3n) is 7.25. The van der Waals surface area contributed by atoms with Gasteiger partial charge >= 0.3 is 6.09 Å². The second kappa shape index (κ2) is 14.4. The van der Waals surface area contributed by atoms with Crippen LogP contribution in [-0.4, -0.2) is 42.7 Å². The second-order valence-electron chi connectivity index (χ2n) is 11.7. The van der Waals surface area contributed by atoms with Crippen molar-refractivity contribution in [2.45, 2.75) is 71.1 Å². The number of halogens is 2. The van der Waals surface area contributed by atoms with Crippen molar-refractivity contribution in [2.75, 3.05) is 20.2 Å². The van der Waals surface area contributed by atoms with Crippen LogP contribution in [0.15, 0.2) is 60.7 Å². The maximum atomic E-state index is 14.1. The van der Waals surface area contributed by atoms with Gasteiger partial charge in [0.15, 0.2) is 11.5 Å². The number of ether oxygens (including phenoxy) is 3. The highest BCUT2D eigenvalue weighted by Gasteiger charge is 2.30. The predicted octanol–water partition coefficient (Wildman–Crippen LogP) is 6.92. The van der Waals surface area contributed by atoms with Gasteiger partial charge in [0.05, 0.1) is 13.0 Å². The van der Waals surface area contributed by atoms with Crippen LogP contribution in [0, 0.1) is 11.6 Å². The summed E-state index contributed by atoms with van der Waals surface area (Å²) >= 11 is 0. The zero-order chi connectivity index (χ0) is 31.0. The average Bonchev–Trinajstić information content (AvgIpc) is 2.97. The molecule has 43 heavy (non-hydrogen) atoms. The van der Waals surface area contributed by atoms with E-state index in [2.05, 4.69) is 11.4 Å². The number of methoxy groups -OCH3 is 1. The molecular weight excluding hydrogens is 554 g/mol. The van der Waals surface area contributed by atoms with E-state index >= 15 is 0 Å². The van der Waals surface area contributed by atoms with E-state index in [0.717, 1.165) is 36.5 Å². The van der Waals surface area contributed by atoms with Crippen molar-refractivity contribution in [3.8, 4) is 11.5 Å². The predicted molar refractivity (Wildman–Crippen MR) is 160 cm³/mol. The number of benzene rings is 3. The van der Waals surface area contributed by atoms with Crippen LogP contribution in [0.5, 0.6) is 11.5 Å². The first-order chi connectivity index (χ1) is 20.5. The Labute approximate surface area is 252 Å². The van der Waals surface area contributed by atoms with Gasteiger partial charge in [0.25, 0.3) is 0 Å². The Hall–Kier alpha value is -4.14. The fourth-order valence-electron chi connectivity index (χ4n) is 5.22. The van der Waals surface area contributed by atoms with E-state index in [1.165, 1.54) is 24.8 Å². The second-order valence-corrected chi connectivity index (χ2v) is 11.7. The summed E-state index contributed by atoms with van der Waals surface area (Å²) in [6.07, 6.45) is 2.72. The van der Waals surface area contributed by atoms with Crippen LogP contribution in [0.3, 0.4) is 0 Å². The van der Waals surface area contributed by atoms with Crippen molar-refractivity contribution in [1.82, 2.24) is 10.2 Å². The molecule has 1 atom stereocenters. The molecule has 1 unspecified atom stereocenters. The fraction of sp³-hybridized carbons (Fsp3) is 0.412. The number of alkyl carbamates (subject to hydrolysis) is 1. The summed E-state index contributed by atoms with van der Waals surface area (Å²) < 4.78 is 44.0. The van der Waals surface area contributed by atoms with Gasteiger partial charge in [-0.1, -0.05) is 30.3 Å². The van der Waals surface area contributed by atoms with Crippen molar-refractivity contribution in [1.29, 1.82) is 0 Å². The highest BCUT2D eigenvalue weighted by atomic mass is 19.1. The zero-order valence-electron chi connectivity index (χ0n) is 25.3. The van der Waals surface area contributed by atoms with Gasteiger partial charge in [0.1, 0.15) is 23.8 Å². The molecule has 9 heteroatoms. The lowest BCUT2D eigenvalue weighted by atomic mass is 9.82. The number of hydrogen-bond donors (Lipinski definition) is 1. The molecular formula is C34H40F2N2O5. The molecule has 0 saturated carbocycles. The average molecular weight is 595 g/mol. The number of carbonyl (C=O) groups is 2. The molecule has 1 aliphatic rings. The van der Waals surface area contributed by atoms with E-state index in [1.54, 1.807) is 32.9 Å². The number of fused-ring (bicyclic) bond motifs is 1. The van der Waals surface area contributed by atoms with Crippen LogP contribution in [-0.2, 0) is 29.1 Å². The summed E-state index contributed by atoms with van der Waals surface area (Å²) in [5.74, 6) is -0.707. The minimum atomic E-state index is -0.685. The standard InChI is InChI=1S/C34H40F2N2O5/c1-34(2,3)43-33(40)37-17-8-18-38(32(39)28-12-7-10-24-9-5-6-11-27(24)28)21-23-13-16-30(31(19-23)41-4)42-22-25-14-15-26(35)20-29(25)36/h5-6,9,11,13-16,19-20,28H,7-8,10,12,17-18,21-22H2,1-4H3,(H,37,40). The lowest BCUT2D eigenvalue weighted by molar-refractivity contribution is -0.133. The molecule has 0 saturated heterocycles. The molecule has 2 amide bonds. The van der Waals surface area contributed by atoms with Gasteiger partial charge in [-0.2, -0.15) is 0 Å². The number of aryl methyl sites for hydroxylation is 1. The van der Waals surface area contributed by atoms with E-state index in [0.29, 0.717) is 37.6 Å². The molecule has 0 heterocycles. The first kappa shape index (κ1) is 31.8. The van der Waals surface area contributed by atoms with Gasteiger partial charge in [-0.3, -0.25) is 4.79 Å². The maximum absolute atomic E-state index is 14.1. The molecule has 0 spiro atoms. The highest BCUT2D eigenvalue weighted by Crippen LogP contribution is 2.34. The van der Waals surface area contributed by atoms with Crippen LogP contribution in [0.2, 0.25) is 0 Å². The topological polar surface area (TPSA) is 77.1 Å². The molecule has 3 aromatic carbocycles. The van der Waals surface area contributed by atoms with Gasteiger partial charge in [0.2, 0.25) is 5.91 Å². The first-order valence-electron chi connectivity index (χ1n) is 14.6. The number of nitrogens with zero attached hydrogens (tertiary/aromatic N) is 1. The van der Waals surface area contributed by atoms with E-state index in [1.807, 2.05) is 29.2 Å². The van der Waals surface area contributed by atoms with Crippen molar-refractivity contribution in [2.24, 2.45) is 0 Å². The monoisotopic (exact) mass is 594 g/mol. The third kappa shape index (κ3) is 8.92. The summed E-state index contributed by atoms with van der Waals surface area (Å²) in [6.45, 7) is 6.43. The molecule has 0 fully saturated rings. The third-order valence-corrected chi connectivity index (χ3v) is 7.25. The van der Waals surface area contributed by atoms with E-state index in [-0.39, 0.29) is 24.0 Å². The molecule has 0 bridgehead atoms. The normalized spacial score (nSPS) is 14.4. The van der Waals surface area contributed by atoms with Crippen LogP contribution in [0.25, 0.3) is 0 Å². The van der Waals surface area contributed by atoms with E-state index < -0.39 is 23.3 Å². The summed E-state index contributed by atoms with van der Waals surface area (Å²) in [5, 5.41) is 2.77. The number of hydrogen-bond acceptors (Lipinski definition) is 5. The lowest BCUT2D eigenvalue weighted by Crippen LogP contribution is -2.38. The van der Waals surface area contributed by atoms with Gasteiger partial charge in [-0.05, 0) is 87.4 Å². The summed E-state index contributed by atoms with van der Waals surface area (Å²) in [4.78, 5) is 28.0. The van der Waals surface area contributed by atoms with Crippen molar-refractivity contribution in [3.05, 3.63) is 94.6 Å². The Morgan fingerprint density at radius 2 is 1.81 bits per heavy atom. The minimum Gasteiger partial charge on any atom is -0.493 e. The Morgan fingerprint density at radius 3 is 2.56 bits per heavy atom. The Morgan fingerprint density at radius 1 is 1.02 bits per heavy atom. The number of nitrogens with one attached hydrogen (secondary N) is 1. The highest BCUT2D eigenvalue weighted by molar-refractivity contribution is 5.84. The molecule has 1 N–H and O–H groups in total.